The first-order valence-electron chi connectivity index (χ1n) is 8.74. The van der Waals surface area contributed by atoms with E-state index >= 15 is 0 Å². The molecule has 1 aromatic carbocycles. The molecule has 0 saturated carbocycles. The first-order chi connectivity index (χ1) is 13.0. The van der Waals surface area contributed by atoms with Crippen molar-refractivity contribution < 1.29 is 27.9 Å². The number of amides is 1. The Labute approximate surface area is 160 Å². The lowest BCUT2D eigenvalue weighted by atomic mass is 9.97. The van der Waals surface area contributed by atoms with Gasteiger partial charge in [-0.05, 0) is 30.9 Å². The summed E-state index contributed by atoms with van der Waals surface area (Å²) in [7, 11) is 0. The summed E-state index contributed by atoms with van der Waals surface area (Å²) in [6, 6.07) is 6.37. The Kier molecular flexibility index (Phi) is 6.48. The van der Waals surface area contributed by atoms with E-state index in [0.29, 0.717) is 16.7 Å². The van der Waals surface area contributed by atoms with Crippen molar-refractivity contribution in [2.75, 3.05) is 6.54 Å². The number of carboxylic acids is 1. The van der Waals surface area contributed by atoms with Gasteiger partial charge in [-0.3, -0.25) is 9.59 Å². The quantitative estimate of drug-likeness (QED) is 0.747. The number of benzene rings is 1. The van der Waals surface area contributed by atoms with Crippen LogP contribution in [0.2, 0.25) is 0 Å². The van der Waals surface area contributed by atoms with Crippen molar-refractivity contribution in [3.63, 3.8) is 0 Å². The van der Waals surface area contributed by atoms with Crippen molar-refractivity contribution in [2.24, 2.45) is 11.8 Å². The zero-order chi connectivity index (χ0) is 21.1. The molecule has 2 N–H and O–H groups in total. The largest absolute Gasteiger partial charge is 0.481 e. The normalized spacial score (nSPS) is 12.8. The van der Waals surface area contributed by atoms with Gasteiger partial charge < -0.3 is 10.4 Å². The van der Waals surface area contributed by atoms with E-state index in [0.717, 1.165) is 6.20 Å². The predicted octanol–water partition coefficient (Wildman–Crippen LogP) is 3.68. The number of halogens is 3. The third-order valence-electron chi connectivity index (χ3n) is 4.24. The molecule has 9 heteroatoms. The molecule has 0 aliphatic rings. The number of hydrogen-bond acceptors (Lipinski definition) is 3. The number of alkyl halides is 3. The lowest BCUT2D eigenvalue weighted by Crippen LogP contribution is -2.34. The second-order valence-corrected chi connectivity index (χ2v) is 6.98. The van der Waals surface area contributed by atoms with Gasteiger partial charge in [0.05, 0.1) is 23.4 Å². The van der Waals surface area contributed by atoms with E-state index in [-0.39, 0.29) is 18.2 Å². The molecule has 0 aliphatic carbocycles. The molecule has 28 heavy (non-hydrogen) atoms. The third kappa shape index (κ3) is 4.90. The van der Waals surface area contributed by atoms with E-state index < -0.39 is 35.2 Å². The maximum Gasteiger partial charge on any atom is 0.434 e. The van der Waals surface area contributed by atoms with Gasteiger partial charge in [-0.1, -0.05) is 32.0 Å². The zero-order valence-corrected chi connectivity index (χ0v) is 15.7. The third-order valence-corrected chi connectivity index (χ3v) is 4.24. The van der Waals surface area contributed by atoms with Gasteiger partial charge in [0.2, 0.25) is 0 Å². The fourth-order valence-corrected chi connectivity index (χ4v) is 2.92. The van der Waals surface area contributed by atoms with Crippen LogP contribution < -0.4 is 5.32 Å². The number of aliphatic carboxylic acids is 1. The van der Waals surface area contributed by atoms with E-state index in [1.807, 2.05) is 13.8 Å². The van der Waals surface area contributed by atoms with E-state index in [1.54, 1.807) is 25.1 Å². The van der Waals surface area contributed by atoms with Crippen molar-refractivity contribution in [3.05, 3.63) is 47.3 Å². The summed E-state index contributed by atoms with van der Waals surface area (Å²) in [6.45, 7) is 5.02. The average molecular weight is 397 g/mol. The summed E-state index contributed by atoms with van der Waals surface area (Å²) < 4.78 is 41.7. The summed E-state index contributed by atoms with van der Waals surface area (Å²) in [5.41, 5.74) is -1.08. The molecule has 0 radical (unpaired) electrons. The number of carbonyl (C=O) groups excluding carboxylic acids is 1. The molecular formula is C19H22F3N3O3. The topological polar surface area (TPSA) is 84.2 Å². The van der Waals surface area contributed by atoms with Gasteiger partial charge in [-0.15, -0.1) is 0 Å². The van der Waals surface area contributed by atoms with Crippen LogP contribution in [0.25, 0.3) is 5.69 Å². The van der Waals surface area contributed by atoms with Gasteiger partial charge in [0.25, 0.3) is 5.91 Å². The summed E-state index contributed by atoms with van der Waals surface area (Å²) in [4.78, 5) is 23.7. The Morgan fingerprint density at radius 1 is 1.25 bits per heavy atom. The minimum Gasteiger partial charge on any atom is -0.481 e. The molecule has 1 unspecified atom stereocenters. The van der Waals surface area contributed by atoms with Crippen LogP contribution in [0.1, 0.15) is 41.9 Å². The summed E-state index contributed by atoms with van der Waals surface area (Å²) in [5.74, 6) is -2.94. The molecule has 0 saturated heterocycles. The summed E-state index contributed by atoms with van der Waals surface area (Å²) in [6.07, 6.45) is -3.68. The van der Waals surface area contributed by atoms with Gasteiger partial charge in [0.15, 0.2) is 5.69 Å². The molecular weight excluding hydrogens is 375 g/mol. The monoisotopic (exact) mass is 397 g/mol. The van der Waals surface area contributed by atoms with Crippen molar-refractivity contribution in [2.45, 2.75) is 33.4 Å². The summed E-state index contributed by atoms with van der Waals surface area (Å²) >= 11 is 0. The fraction of sp³-hybridized carbons (Fsp3) is 0.421. The fourth-order valence-electron chi connectivity index (χ4n) is 2.92. The van der Waals surface area contributed by atoms with Crippen LogP contribution in [0, 0.1) is 18.8 Å². The number of carboxylic acid groups (broad SMARTS) is 1. The number of hydrogen-bond donors (Lipinski definition) is 2. The number of aromatic nitrogens is 2. The molecule has 1 aromatic heterocycles. The van der Waals surface area contributed by atoms with Crippen LogP contribution in [0.4, 0.5) is 13.2 Å². The second-order valence-electron chi connectivity index (χ2n) is 6.98. The first-order valence-corrected chi connectivity index (χ1v) is 8.74. The van der Waals surface area contributed by atoms with E-state index in [4.69, 9.17) is 0 Å². The molecule has 0 spiro atoms. The molecule has 1 amide bonds. The van der Waals surface area contributed by atoms with Crippen LogP contribution in [0.15, 0.2) is 30.5 Å². The number of carbonyl (C=O) groups is 2. The Morgan fingerprint density at radius 2 is 1.89 bits per heavy atom. The molecule has 6 nitrogen and oxygen atoms in total. The van der Waals surface area contributed by atoms with Gasteiger partial charge in [-0.2, -0.15) is 18.3 Å². The molecule has 2 rings (SSSR count). The van der Waals surface area contributed by atoms with Crippen molar-refractivity contribution in [3.8, 4) is 5.69 Å². The van der Waals surface area contributed by atoms with Gasteiger partial charge in [-0.25, -0.2) is 4.68 Å². The van der Waals surface area contributed by atoms with Gasteiger partial charge in [0, 0.05) is 6.54 Å². The van der Waals surface area contributed by atoms with Crippen LogP contribution in [0.3, 0.4) is 0 Å². The van der Waals surface area contributed by atoms with Crippen molar-refractivity contribution >= 4 is 11.9 Å². The number of nitrogens with one attached hydrogen (secondary N) is 1. The minimum atomic E-state index is -4.82. The Bertz CT molecular complexity index is 860. The SMILES string of the molecule is Cc1ccccc1-n1ncc(C(=O)NCC(CC(C)C)C(=O)O)c1C(F)(F)F. The molecule has 0 fully saturated rings. The predicted molar refractivity (Wildman–Crippen MR) is 96.2 cm³/mol. The Balaban J connectivity index is 2.34. The Morgan fingerprint density at radius 3 is 2.43 bits per heavy atom. The standard InChI is InChI=1S/C19H22F3N3O3/c1-11(2)8-13(18(27)28)9-23-17(26)14-10-24-25(16(14)19(20,21)22)15-7-5-4-6-12(15)3/h4-7,10-11,13H,8-9H2,1-3H3,(H,23,26)(H,27,28). The van der Waals surface area contributed by atoms with E-state index in [1.165, 1.54) is 6.07 Å². The maximum absolute atomic E-state index is 13.7. The number of aryl methyl sites for hydroxylation is 1. The van der Waals surface area contributed by atoms with Crippen LogP contribution in [-0.4, -0.2) is 33.3 Å². The van der Waals surface area contributed by atoms with Crippen molar-refractivity contribution in [1.29, 1.82) is 0 Å². The van der Waals surface area contributed by atoms with Gasteiger partial charge >= 0.3 is 12.1 Å². The Hall–Kier alpha value is -2.84. The summed E-state index contributed by atoms with van der Waals surface area (Å²) in [5, 5.41) is 15.3. The lowest BCUT2D eigenvalue weighted by molar-refractivity contribution is -0.143. The number of rotatable bonds is 7. The molecule has 2 aromatic rings. The molecule has 152 valence electrons. The van der Waals surface area contributed by atoms with Gasteiger partial charge in [0.1, 0.15) is 0 Å². The number of nitrogens with zero attached hydrogens (tertiary/aromatic N) is 2. The van der Waals surface area contributed by atoms with Crippen LogP contribution >= 0.6 is 0 Å². The number of para-hydroxylation sites is 1. The van der Waals surface area contributed by atoms with E-state index in [2.05, 4.69) is 10.4 Å². The highest BCUT2D eigenvalue weighted by molar-refractivity contribution is 5.95. The van der Waals surface area contributed by atoms with Crippen LogP contribution in [-0.2, 0) is 11.0 Å². The lowest BCUT2D eigenvalue weighted by Gasteiger charge is -2.16. The highest BCUT2D eigenvalue weighted by atomic mass is 19.4. The van der Waals surface area contributed by atoms with Crippen LogP contribution in [0.5, 0.6) is 0 Å². The molecule has 1 atom stereocenters. The maximum atomic E-state index is 13.7. The first kappa shape index (κ1) is 21.5. The molecule has 1 heterocycles. The molecule has 0 bridgehead atoms. The van der Waals surface area contributed by atoms with Crippen molar-refractivity contribution in [1.82, 2.24) is 15.1 Å². The minimum absolute atomic E-state index is 0.0625. The van der Waals surface area contributed by atoms with E-state index in [9.17, 15) is 27.9 Å². The smallest absolute Gasteiger partial charge is 0.434 e. The highest BCUT2D eigenvalue weighted by Gasteiger charge is 2.40. The zero-order valence-electron chi connectivity index (χ0n) is 15.7. The average Bonchev–Trinajstić information content (AvgIpc) is 3.03. The highest BCUT2D eigenvalue weighted by Crippen LogP contribution is 2.34. The second kappa shape index (κ2) is 8.45. The molecule has 0 aliphatic heterocycles.